The molecule has 0 aromatic heterocycles. The minimum atomic E-state index is 0.200. The molecule has 3 unspecified atom stereocenters. The molecule has 18 heavy (non-hydrogen) atoms. The van der Waals surface area contributed by atoms with Gasteiger partial charge in [-0.3, -0.25) is 4.90 Å². The molecular formula is C14H28N2OS. The number of rotatable bonds is 7. The molecule has 0 radical (unpaired) electrons. The van der Waals surface area contributed by atoms with Crippen LogP contribution in [0.25, 0.3) is 0 Å². The Bertz CT molecular complexity index is 273. The van der Waals surface area contributed by atoms with Gasteiger partial charge in [0.15, 0.2) is 0 Å². The number of methoxy groups -OCH3 is 1. The maximum Gasteiger partial charge on any atom is 0.0590 e. The second kappa shape index (κ2) is 6.12. The highest BCUT2D eigenvalue weighted by Gasteiger charge is 2.48. The van der Waals surface area contributed by atoms with Crippen LogP contribution in [0.1, 0.15) is 33.1 Å². The van der Waals surface area contributed by atoms with Gasteiger partial charge in [-0.25, -0.2) is 0 Å². The van der Waals surface area contributed by atoms with Crippen LogP contribution >= 0.6 is 11.8 Å². The Hall–Kier alpha value is 0.230. The fourth-order valence-corrected chi connectivity index (χ4v) is 4.87. The van der Waals surface area contributed by atoms with Gasteiger partial charge in [0.05, 0.1) is 6.61 Å². The predicted octanol–water partition coefficient (Wildman–Crippen LogP) is 1.96. The molecule has 2 aliphatic rings. The smallest absolute Gasteiger partial charge is 0.0590 e. The second-order valence-electron chi connectivity index (χ2n) is 5.83. The monoisotopic (exact) mass is 272 g/mol. The predicted molar refractivity (Wildman–Crippen MR) is 79.1 cm³/mol. The minimum absolute atomic E-state index is 0.200. The molecule has 0 aromatic carbocycles. The van der Waals surface area contributed by atoms with E-state index in [4.69, 9.17) is 10.5 Å². The lowest BCUT2D eigenvalue weighted by molar-refractivity contribution is 0.0235. The molecule has 0 amide bonds. The molecule has 1 saturated heterocycles. The third-order valence-electron chi connectivity index (χ3n) is 4.92. The molecule has 0 spiro atoms. The number of hydrogen-bond donors (Lipinski definition) is 1. The van der Waals surface area contributed by atoms with Crippen molar-refractivity contribution in [2.45, 2.75) is 49.9 Å². The van der Waals surface area contributed by atoms with Crippen LogP contribution in [0.3, 0.4) is 0 Å². The van der Waals surface area contributed by atoms with Gasteiger partial charge in [-0.1, -0.05) is 6.92 Å². The molecule has 106 valence electrons. The van der Waals surface area contributed by atoms with E-state index in [1.807, 2.05) is 0 Å². The van der Waals surface area contributed by atoms with Gasteiger partial charge < -0.3 is 10.5 Å². The molecule has 0 aromatic rings. The Morgan fingerprint density at radius 1 is 1.50 bits per heavy atom. The summed E-state index contributed by atoms with van der Waals surface area (Å²) >= 11 is 2.08. The Labute approximate surface area is 116 Å². The van der Waals surface area contributed by atoms with Crippen LogP contribution in [-0.4, -0.2) is 54.3 Å². The zero-order chi connectivity index (χ0) is 13.2. The highest BCUT2D eigenvalue weighted by molar-refractivity contribution is 8.00. The molecule has 2 fully saturated rings. The summed E-state index contributed by atoms with van der Waals surface area (Å²) < 4.78 is 5.32. The van der Waals surface area contributed by atoms with Crippen molar-refractivity contribution < 1.29 is 4.74 Å². The zero-order valence-electron chi connectivity index (χ0n) is 12.0. The van der Waals surface area contributed by atoms with Crippen LogP contribution in [0.15, 0.2) is 0 Å². The van der Waals surface area contributed by atoms with Gasteiger partial charge in [0.2, 0.25) is 0 Å². The summed E-state index contributed by atoms with van der Waals surface area (Å²) in [4.78, 5) is 2.68. The lowest BCUT2D eigenvalue weighted by atomic mass is 9.88. The van der Waals surface area contributed by atoms with E-state index in [9.17, 15) is 0 Å². The fraction of sp³-hybridized carbons (Fsp3) is 1.00. The molecule has 4 heteroatoms. The molecular weight excluding hydrogens is 244 g/mol. The van der Waals surface area contributed by atoms with Crippen LogP contribution in [0.5, 0.6) is 0 Å². The normalized spacial score (nSPS) is 34.2. The first kappa shape index (κ1) is 14.6. The molecule has 2 N–H and O–H groups in total. The van der Waals surface area contributed by atoms with Crippen LogP contribution in [-0.2, 0) is 4.74 Å². The quantitative estimate of drug-likeness (QED) is 0.769. The first-order valence-electron chi connectivity index (χ1n) is 7.23. The van der Waals surface area contributed by atoms with Gasteiger partial charge in [-0.15, -0.1) is 0 Å². The second-order valence-corrected chi connectivity index (χ2v) is 7.28. The van der Waals surface area contributed by atoms with Crippen molar-refractivity contribution in [2.75, 3.05) is 32.6 Å². The van der Waals surface area contributed by atoms with Gasteiger partial charge in [0, 0.05) is 37.0 Å². The first-order valence-corrected chi connectivity index (χ1v) is 8.28. The molecule has 1 aliphatic carbocycles. The SMILES string of the molecule is COCCN(C(C)C1CC1)C1(CN)CCSC1C. The highest BCUT2D eigenvalue weighted by Crippen LogP contribution is 2.44. The lowest BCUT2D eigenvalue weighted by Crippen LogP contribution is -2.61. The van der Waals surface area contributed by atoms with Crippen molar-refractivity contribution in [2.24, 2.45) is 11.7 Å². The van der Waals surface area contributed by atoms with Gasteiger partial charge in [0.25, 0.3) is 0 Å². The minimum Gasteiger partial charge on any atom is -0.383 e. The van der Waals surface area contributed by atoms with Crippen molar-refractivity contribution in [3.8, 4) is 0 Å². The summed E-state index contributed by atoms with van der Waals surface area (Å²) in [7, 11) is 1.79. The summed E-state index contributed by atoms with van der Waals surface area (Å²) in [5.41, 5.74) is 6.39. The summed E-state index contributed by atoms with van der Waals surface area (Å²) in [6.07, 6.45) is 4.02. The molecule has 1 saturated carbocycles. The van der Waals surface area contributed by atoms with E-state index in [0.717, 1.165) is 25.6 Å². The number of thioether (sulfide) groups is 1. The topological polar surface area (TPSA) is 38.5 Å². The highest BCUT2D eigenvalue weighted by atomic mass is 32.2. The summed E-state index contributed by atoms with van der Waals surface area (Å²) in [5, 5.41) is 0.639. The molecule has 3 atom stereocenters. The van der Waals surface area contributed by atoms with E-state index < -0.39 is 0 Å². The maximum absolute atomic E-state index is 6.19. The van der Waals surface area contributed by atoms with E-state index in [-0.39, 0.29) is 5.54 Å². The molecule has 1 heterocycles. The third-order valence-corrected chi connectivity index (χ3v) is 6.30. The Morgan fingerprint density at radius 3 is 2.67 bits per heavy atom. The van der Waals surface area contributed by atoms with E-state index >= 15 is 0 Å². The van der Waals surface area contributed by atoms with Crippen LogP contribution in [0, 0.1) is 5.92 Å². The van der Waals surface area contributed by atoms with E-state index in [2.05, 4.69) is 30.5 Å². The van der Waals surface area contributed by atoms with Gasteiger partial charge in [-0.2, -0.15) is 11.8 Å². The number of hydrogen-bond acceptors (Lipinski definition) is 4. The van der Waals surface area contributed by atoms with E-state index in [0.29, 0.717) is 11.3 Å². The van der Waals surface area contributed by atoms with Gasteiger partial charge in [-0.05, 0) is 37.9 Å². The number of nitrogens with zero attached hydrogens (tertiary/aromatic N) is 1. The molecule has 1 aliphatic heterocycles. The van der Waals surface area contributed by atoms with E-state index in [1.54, 1.807) is 7.11 Å². The average Bonchev–Trinajstić information content (AvgIpc) is 3.15. The average molecular weight is 272 g/mol. The summed E-state index contributed by atoms with van der Waals surface area (Å²) in [6, 6.07) is 0.657. The third kappa shape index (κ3) is 2.72. The maximum atomic E-state index is 6.19. The van der Waals surface area contributed by atoms with Crippen LogP contribution in [0.4, 0.5) is 0 Å². The largest absolute Gasteiger partial charge is 0.383 e. The zero-order valence-corrected chi connectivity index (χ0v) is 12.8. The summed E-state index contributed by atoms with van der Waals surface area (Å²) in [5.74, 6) is 2.14. The van der Waals surface area contributed by atoms with Crippen LogP contribution < -0.4 is 5.73 Å². The lowest BCUT2D eigenvalue weighted by Gasteiger charge is -2.47. The Kier molecular flexibility index (Phi) is 4.98. The molecule has 0 bridgehead atoms. The van der Waals surface area contributed by atoms with Gasteiger partial charge >= 0.3 is 0 Å². The Morgan fingerprint density at radius 2 is 2.22 bits per heavy atom. The molecule has 3 nitrogen and oxygen atoms in total. The van der Waals surface area contributed by atoms with Crippen molar-refractivity contribution in [3.05, 3.63) is 0 Å². The summed E-state index contributed by atoms with van der Waals surface area (Å²) in [6.45, 7) is 7.36. The standard InChI is InChI=1S/C14H28N2OS/c1-11(13-4-5-13)16(7-8-17-3)14(10-15)6-9-18-12(14)2/h11-13H,4-10,15H2,1-3H3. The van der Waals surface area contributed by atoms with E-state index in [1.165, 1.54) is 25.0 Å². The molecule has 2 rings (SSSR count). The van der Waals surface area contributed by atoms with Crippen molar-refractivity contribution in [1.82, 2.24) is 4.90 Å². The van der Waals surface area contributed by atoms with Crippen molar-refractivity contribution >= 4 is 11.8 Å². The van der Waals surface area contributed by atoms with Gasteiger partial charge in [0.1, 0.15) is 0 Å². The van der Waals surface area contributed by atoms with Crippen molar-refractivity contribution in [1.29, 1.82) is 0 Å². The first-order chi connectivity index (χ1) is 8.65. The number of nitrogens with two attached hydrogens (primary N) is 1. The van der Waals surface area contributed by atoms with Crippen molar-refractivity contribution in [3.63, 3.8) is 0 Å². The fourth-order valence-electron chi connectivity index (χ4n) is 3.39. The number of ether oxygens (including phenoxy) is 1. The Balaban J connectivity index is 2.14. The van der Waals surface area contributed by atoms with Crippen LogP contribution in [0.2, 0.25) is 0 Å².